The van der Waals surface area contributed by atoms with Crippen molar-refractivity contribution in [2.45, 2.75) is 33.6 Å². The molecule has 30 heavy (non-hydrogen) atoms. The average Bonchev–Trinajstić information content (AvgIpc) is 3.29. The predicted molar refractivity (Wildman–Crippen MR) is 115 cm³/mol. The van der Waals surface area contributed by atoms with E-state index in [4.69, 9.17) is 14.0 Å². The van der Waals surface area contributed by atoms with Crippen molar-refractivity contribution in [3.63, 3.8) is 0 Å². The number of thiazole rings is 1. The molecule has 0 aliphatic carbocycles. The van der Waals surface area contributed by atoms with Gasteiger partial charge in [-0.2, -0.15) is 5.10 Å². The maximum atomic E-state index is 11.5. The van der Waals surface area contributed by atoms with Gasteiger partial charge in [-0.3, -0.25) is 10.2 Å². The molecule has 0 radical (unpaired) electrons. The number of aryl methyl sites for hydroxylation is 2. The van der Waals surface area contributed by atoms with Crippen molar-refractivity contribution in [2.75, 3.05) is 19.1 Å². The number of hydrogen-bond acceptors (Lipinski definition) is 9. The lowest BCUT2D eigenvalue weighted by atomic mass is 10.0. The second-order valence-corrected chi connectivity index (χ2v) is 7.40. The van der Waals surface area contributed by atoms with Gasteiger partial charge in [-0.1, -0.05) is 5.16 Å². The van der Waals surface area contributed by atoms with Crippen LogP contribution >= 0.6 is 11.3 Å². The number of rotatable bonds is 9. The minimum absolute atomic E-state index is 0.152. The number of benzene rings is 1. The molecule has 0 aliphatic heterocycles. The summed E-state index contributed by atoms with van der Waals surface area (Å²) in [6.45, 7) is 5.97. The predicted octanol–water partition coefficient (Wildman–Crippen LogP) is 3.90. The summed E-state index contributed by atoms with van der Waals surface area (Å²) >= 11 is 1.38. The van der Waals surface area contributed by atoms with E-state index in [0.29, 0.717) is 23.9 Å². The van der Waals surface area contributed by atoms with E-state index in [0.717, 1.165) is 33.9 Å². The number of carbonyl (C=O) groups is 1. The summed E-state index contributed by atoms with van der Waals surface area (Å²) in [6, 6.07) is 5.86. The number of nitrogens with zero attached hydrogens (tertiary/aromatic N) is 3. The number of hydrazone groups is 1. The largest absolute Gasteiger partial charge is 0.496 e. The zero-order chi connectivity index (χ0) is 21.5. The van der Waals surface area contributed by atoms with Crippen LogP contribution in [0.4, 0.5) is 5.13 Å². The van der Waals surface area contributed by atoms with E-state index < -0.39 is 0 Å². The average molecular weight is 429 g/mol. The number of esters is 1. The van der Waals surface area contributed by atoms with Crippen LogP contribution in [-0.4, -0.2) is 36.0 Å². The summed E-state index contributed by atoms with van der Waals surface area (Å²) in [5, 5.41) is 10.7. The van der Waals surface area contributed by atoms with Crippen LogP contribution in [0.5, 0.6) is 5.75 Å². The van der Waals surface area contributed by atoms with E-state index in [2.05, 4.69) is 20.7 Å². The minimum atomic E-state index is -0.290. The topological polar surface area (TPSA) is 98.8 Å². The lowest BCUT2D eigenvalue weighted by Crippen LogP contribution is -2.07. The SMILES string of the molecule is CCOC(=O)Cc1csc(NN=Cc2ccc(OC)c(Cc3c(C)noc3C)c2)n1. The number of methoxy groups -OCH3 is 1. The number of anilines is 1. The van der Waals surface area contributed by atoms with Crippen LogP contribution in [0.1, 0.15) is 40.8 Å². The summed E-state index contributed by atoms with van der Waals surface area (Å²) < 4.78 is 15.7. The Kier molecular flexibility index (Phi) is 7.18. The Labute approximate surface area is 178 Å². The first-order valence-electron chi connectivity index (χ1n) is 9.48. The molecule has 0 saturated carbocycles. The molecule has 2 aromatic heterocycles. The molecule has 3 aromatic rings. The third-order valence-electron chi connectivity index (χ3n) is 4.41. The van der Waals surface area contributed by atoms with Crippen LogP contribution in [0.25, 0.3) is 0 Å². The van der Waals surface area contributed by atoms with E-state index in [1.54, 1.807) is 20.2 Å². The van der Waals surface area contributed by atoms with Gasteiger partial charge in [0, 0.05) is 17.4 Å². The van der Waals surface area contributed by atoms with Crippen LogP contribution in [0.2, 0.25) is 0 Å². The number of nitrogens with one attached hydrogen (secondary N) is 1. The Morgan fingerprint density at radius 3 is 2.90 bits per heavy atom. The van der Waals surface area contributed by atoms with Crippen molar-refractivity contribution in [2.24, 2.45) is 5.10 Å². The summed E-state index contributed by atoms with van der Waals surface area (Å²) in [5.74, 6) is 1.31. The highest BCUT2D eigenvalue weighted by Gasteiger charge is 2.13. The summed E-state index contributed by atoms with van der Waals surface area (Å²) in [7, 11) is 1.65. The zero-order valence-corrected chi connectivity index (χ0v) is 18.2. The molecular formula is C21H24N4O4S. The second-order valence-electron chi connectivity index (χ2n) is 6.55. The van der Waals surface area contributed by atoms with Gasteiger partial charge in [-0.05, 0) is 50.1 Å². The van der Waals surface area contributed by atoms with Crippen LogP contribution in [-0.2, 0) is 22.4 Å². The van der Waals surface area contributed by atoms with Crippen LogP contribution in [0.3, 0.4) is 0 Å². The van der Waals surface area contributed by atoms with Crippen molar-refractivity contribution < 1.29 is 18.8 Å². The van der Waals surface area contributed by atoms with E-state index in [1.807, 2.05) is 37.4 Å². The van der Waals surface area contributed by atoms with Gasteiger partial charge in [-0.25, -0.2) is 4.98 Å². The molecule has 0 unspecified atom stereocenters. The number of aromatic nitrogens is 2. The van der Waals surface area contributed by atoms with Crippen molar-refractivity contribution >= 4 is 28.7 Å². The summed E-state index contributed by atoms with van der Waals surface area (Å²) in [4.78, 5) is 15.9. The zero-order valence-electron chi connectivity index (χ0n) is 17.4. The Hall–Kier alpha value is -3.20. The fourth-order valence-electron chi connectivity index (χ4n) is 2.92. The quantitative estimate of drug-likeness (QED) is 0.313. The van der Waals surface area contributed by atoms with Gasteiger partial charge in [0.1, 0.15) is 11.5 Å². The maximum absolute atomic E-state index is 11.5. The molecule has 0 atom stereocenters. The molecule has 9 heteroatoms. The highest BCUT2D eigenvalue weighted by atomic mass is 32.1. The molecule has 158 valence electrons. The Balaban J connectivity index is 1.67. The third-order valence-corrected chi connectivity index (χ3v) is 5.21. The molecule has 0 spiro atoms. The second kappa shape index (κ2) is 10.0. The van der Waals surface area contributed by atoms with Gasteiger partial charge in [0.15, 0.2) is 0 Å². The normalized spacial score (nSPS) is 11.1. The number of ether oxygens (including phenoxy) is 2. The van der Waals surface area contributed by atoms with Gasteiger partial charge >= 0.3 is 5.97 Å². The fraction of sp³-hybridized carbons (Fsp3) is 0.333. The van der Waals surface area contributed by atoms with Crippen LogP contribution in [0.15, 0.2) is 33.2 Å². The fourth-order valence-corrected chi connectivity index (χ4v) is 3.58. The van der Waals surface area contributed by atoms with E-state index in [-0.39, 0.29) is 12.4 Å². The Morgan fingerprint density at radius 1 is 1.37 bits per heavy atom. The van der Waals surface area contributed by atoms with Crippen molar-refractivity contribution in [1.29, 1.82) is 0 Å². The molecule has 0 bridgehead atoms. The van der Waals surface area contributed by atoms with Gasteiger partial charge in [0.2, 0.25) is 5.13 Å². The lowest BCUT2D eigenvalue weighted by Gasteiger charge is -2.09. The van der Waals surface area contributed by atoms with E-state index in [9.17, 15) is 4.79 Å². The maximum Gasteiger partial charge on any atom is 0.311 e. The molecule has 1 N–H and O–H groups in total. The first kappa shape index (κ1) is 21.5. The van der Waals surface area contributed by atoms with Gasteiger partial charge in [0.05, 0.1) is 37.7 Å². The van der Waals surface area contributed by atoms with Gasteiger partial charge < -0.3 is 14.0 Å². The lowest BCUT2D eigenvalue weighted by molar-refractivity contribution is -0.142. The van der Waals surface area contributed by atoms with Gasteiger partial charge in [-0.15, -0.1) is 11.3 Å². The highest BCUT2D eigenvalue weighted by Crippen LogP contribution is 2.25. The molecular weight excluding hydrogens is 404 g/mol. The smallest absolute Gasteiger partial charge is 0.311 e. The first-order chi connectivity index (χ1) is 14.5. The van der Waals surface area contributed by atoms with Crippen molar-refractivity contribution in [3.8, 4) is 5.75 Å². The van der Waals surface area contributed by atoms with E-state index in [1.165, 1.54) is 11.3 Å². The standard InChI is InChI=1S/C21H24N4O4S/c1-5-28-20(26)10-17-12-30-21(23-17)24-22-11-15-6-7-19(27-4)16(8-15)9-18-13(2)25-29-14(18)3/h6-8,11-12H,5,9-10H2,1-4H3,(H,23,24). The summed E-state index contributed by atoms with van der Waals surface area (Å²) in [5.41, 5.74) is 7.41. The Morgan fingerprint density at radius 2 is 2.20 bits per heavy atom. The monoisotopic (exact) mass is 428 g/mol. The highest BCUT2D eigenvalue weighted by molar-refractivity contribution is 7.13. The molecule has 3 rings (SSSR count). The number of hydrogen-bond donors (Lipinski definition) is 1. The van der Waals surface area contributed by atoms with Crippen LogP contribution < -0.4 is 10.2 Å². The van der Waals surface area contributed by atoms with Gasteiger partial charge in [0.25, 0.3) is 0 Å². The minimum Gasteiger partial charge on any atom is -0.496 e. The van der Waals surface area contributed by atoms with Crippen molar-refractivity contribution in [3.05, 3.63) is 57.4 Å². The first-order valence-corrected chi connectivity index (χ1v) is 10.4. The Bertz CT molecular complexity index is 1020. The molecule has 2 heterocycles. The van der Waals surface area contributed by atoms with Crippen molar-refractivity contribution in [1.82, 2.24) is 10.1 Å². The molecule has 8 nitrogen and oxygen atoms in total. The van der Waals surface area contributed by atoms with Crippen LogP contribution in [0, 0.1) is 13.8 Å². The molecule has 0 amide bonds. The molecule has 0 fully saturated rings. The molecule has 0 aliphatic rings. The van der Waals surface area contributed by atoms with E-state index >= 15 is 0 Å². The molecule has 0 saturated heterocycles. The molecule has 1 aromatic carbocycles. The number of carbonyl (C=O) groups excluding carboxylic acids is 1. The third kappa shape index (κ3) is 5.44. The summed E-state index contributed by atoms with van der Waals surface area (Å²) in [6.07, 6.45) is 2.52.